The molecule has 1 aromatic carbocycles. The number of nitrogens with zero attached hydrogens (tertiary/aromatic N) is 5. The number of hydrogen-bond donors (Lipinski definition) is 2. The van der Waals surface area contributed by atoms with Crippen molar-refractivity contribution in [2.24, 2.45) is 0 Å². The highest BCUT2D eigenvalue weighted by atomic mass is 19.3. The van der Waals surface area contributed by atoms with Crippen LogP contribution in [0.25, 0.3) is 33.2 Å². The molecular weight excluding hydrogens is 383 g/mol. The number of imidazole rings is 1. The minimum Gasteiger partial charge on any atom is -0.382 e. The highest BCUT2D eigenvalue weighted by Crippen LogP contribution is 2.32. The van der Waals surface area contributed by atoms with Crippen molar-refractivity contribution in [1.82, 2.24) is 29.6 Å². The number of alkyl halides is 3. The largest absolute Gasteiger partial charge is 0.382 e. The number of pyridine rings is 1. The summed E-state index contributed by atoms with van der Waals surface area (Å²) in [6.07, 6.45) is -1.80. The molecule has 3 aromatic heterocycles. The van der Waals surface area contributed by atoms with Crippen LogP contribution >= 0.6 is 0 Å². The highest BCUT2D eigenvalue weighted by molar-refractivity contribution is 6.07. The van der Waals surface area contributed by atoms with E-state index in [9.17, 15) is 13.2 Å². The average Bonchev–Trinajstić information content (AvgIpc) is 3.29. The van der Waals surface area contributed by atoms with Crippen molar-refractivity contribution in [3.8, 4) is 11.3 Å². The second kappa shape index (κ2) is 6.73. The van der Waals surface area contributed by atoms with Gasteiger partial charge in [-0.1, -0.05) is 6.07 Å². The lowest BCUT2D eigenvalue weighted by Crippen LogP contribution is -2.47. The van der Waals surface area contributed by atoms with Crippen LogP contribution < -0.4 is 5.73 Å². The summed E-state index contributed by atoms with van der Waals surface area (Å²) in [4.78, 5) is 10.8. The fourth-order valence-corrected chi connectivity index (χ4v) is 3.83. The van der Waals surface area contributed by atoms with Crippen molar-refractivity contribution < 1.29 is 13.2 Å². The molecule has 1 aliphatic rings. The zero-order chi connectivity index (χ0) is 20.1. The number of anilines is 1. The maximum atomic E-state index is 13.4. The Bertz CT molecular complexity index is 1180. The quantitative estimate of drug-likeness (QED) is 0.537. The number of nitrogens with two attached hydrogens (primary N) is 1. The maximum absolute atomic E-state index is 13.4. The Balaban J connectivity index is 1.69. The van der Waals surface area contributed by atoms with Crippen LogP contribution in [0.1, 0.15) is 5.82 Å². The Morgan fingerprint density at radius 2 is 2.03 bits per heavy atom. The van der Waals surface area contributed by atoms with E-state index in [4.69, 9.17) is 5.73 Å². The topological polar surface area (TPSA) is 88.7 Å². The van der Waals surface area contributed by atoms with E-state index in [0.29, 0.717) is 27.8 Å². The summed E-state index contributed by atoms with van der Waals surface area (Å²) < 4.78 is 41.4. The number of H-pyrrole nitrogens is 1. The third-order valence-corrected chi connectivity index (χ3v) is 5.19. The molecule has 150 valence electrons. The van der Waals surface area contributed by atoms with Crippen LogP contribution in [0.5, 0.6) is 0 Å². The van der Waals surface area contributed by atoms with Crippen molar-refractivity contribution in [3.63, 3.8) is 0 Å². The number of nitrogens with one attached hydrogen (secondary N) is 1. The van der Waals surface area contributed by atoms with Gasteiger partial charge in [0.05, 0.1) is 29.8 Å². The third kappa shape index (κ3) is 3.09. The smallest absolute Gasteiger partial charge is 0.256 e. The Kier molecular flexibility index (Phi) is 4.16. The molecule has 0 atom stereocenters. The summed E-state index contributed by atoms with van der Waals surface area (Å²) in [7, 11) is 0. The van der Waals surface area contributed by atoms with Gasteiger partial charge in [-0.2, -0.15) is 5.10 Å². The van der Waals surface area contributed by atoms with Crippen molar-refractivity contribution in [3.05, 3.63) is 36.3 Å². The molecule has 10 heteroatoms. The molecule has 1 fully saturated rings. The van der Waals surface area contributed by atoms with Crippen molar-refractivity contribution >= 4 is 27.8 Å². The number of halogens is 3. The van der Waals surface area contributed by atoms with Gasteiger partial charge in [-0.05, 0) is 18.2 Å². The first-order valence-corrected chi connectivity index (χ1v) is 9.22. The number of rotatable bonds is 5. The molecule has 1 aliphatic heterocycles. The Labute approximate surface area is 163 Å². The minimum atomic E-state index is -2.56. The van der Waals surface area contributed by atoms with E-state index in [1.807, 2.05) is 29.2 Å². The van der Waals surface area contributed by atoms with Gasteiger partial charge in [0.2, 0.25) is 0 Å². The molecule has 7 nitrogen and oxygen atoms in total. The van der Waals surface area contributed by atoms with Gasteiger partial charge < -0.3 is 10.3 Å². The molecule has 0 unspecified atom stereocenters. The first-order chi connectivity index (χ1) is 14.0. The van der Waals surface area contributed by atoms with E-state index >= 15 is 0 Å². The Morgan fingerprint density at radius 3 is 2.72 bits per heavy atom. The van der Waals surface area contributed by atoms with Gasteiger partial charge in [0.15, 0.2) is 5.82 Å². The van der Waals surface area contributed by atoms with Gasteiger partial charge in [-0.3, -0.25) is 10.00 Å². The van der Waals surface area contributed by atoms with Crippen LogP contribution in [0.3, 0.4) is 0 Å². The van der Waals surface area contributed by atoms with E-state index in [1.165, 1.54) is 4.57 Å². The van der Waals surface area contributed by atoms with Gasteiger partial charge in [0.1, 0.15) is 17.5 Å². The molecule has 29 heavy (non-hydrogen) atoms. The summed E-state index contributed by atoms with van der Waals surface area (Å²) in [5.74, 6) is 0.612. The van der Waals surface area contributed by atoms with Crippen molar-refractivity contribution in [2.75, 3.05) is 18.8 Å². The van der Waals surface area contributed by atoms with Crippen LogP contribution in [0, 0.1) is 0 Å². The van der Waals surface area contributed by atoms with Crippen LogP contribution in [-0.2, 0) is 13.1 Å². The summed E-state index contributed by atoms with van der Waals surface area (Å²) in [6, 6.07) is 7.36. The number of benzene rings is 1. The van der Waals surface area contributed by atoms with E-state index in [2.05, 4.69) is 20.2 Å². The zero-order valence-electron chi connectivity index (χ0n) is 15.3. The van der Waals surface area contributed by atoms with E-state index in [1.54, 1.807) is 6.20 Å². The van der Waals surface area contributed by atoms with Crippen LogP contribution in [0.4, 0.5) is 19.0 Å². The molecule has 4 aromatic rings. The van der Waals surface area contributed by atoms with Gasteiger partial charge in [-0.15, -0.1) is 0 Å². The summed E-state index contributed by atoms with van der Waals surface area (Å²) in [6.45, 7) is 0.328. The van der Waals surface area contributed by atoms with Gasteiger partial charge in [0.25, 0.3) is 6.43 Å². The number of fused-ring (bicyclic) bond motifs is 3. The summed E-state index contributed by atoms with van der Waals surface area (Å²) in [5.41, 5.74) is 9.30. The molecule has 0 radical (unpaired) electrons. The number of hydrogen-bond acceptors (Lipinski definition) is 5. The van der Waals surface area contributed by atoms with Crippen molar-refractivity contribution in [2.45, 2.75) is 25.7 Å². The second-order valence-corrected chi connectivity index (χ2v) is 7.22. The third-order valence-electron chi connectivity index (χ3n) is 5.19. The fraction of sp³-hybridized carbons (Fsp3) is 0.316. The van der Waals surface area contributed by atoms with E-state index in [-0.39, 0.29) is 25.5 Å². The second-order valence-electron chi connectivity index (χ2n) is 7.22. The summed E-state index contributed by atoms with van der Waals surface area (Å²) >= 11 is 0. The van der Waals surface area contributed by atoms with Gasteiger partial charge in [0, 0.05) is 30.2 Å². The molecule has 0 aliphatic carbocycles. The normalized spacial score (nSPS) is 15.6. The number of likely N-dealkylation sites (tertiary alicyclic amines) is 1. The number of nitrogen functional groups attached to an aromatic ring is 1. The minimum absolute atomic E-state index is 0.176. The van der Waals surface area contributed by atoms with Gasteiger partial charge >= 0.3 is 0 Å². The predicted molar refractivity (Wildman–Crippen MR) is 103 cm³/mol. The molecule has 5 rings (SSSR count). The lowest BCUT2D eigenvalue weighted by molar-refractivity contribution is 0.0545. The van der Waals surface area contributed by atoms with Crippen LogP contribution in [-0.4, -0.2) is 55.3 Å². The first kappa shape index (κ1) is 17.9. The van der Waals surface area contributed by atoms with Crippen LogP contribution in [0.15, 0.2) is 30.5 Å². The van der Waals surface area contributed by atoms with Crippen LogP contribution in [0.2, 0.25) is 0 Å². The molecule has 0 bridgehead atoms. The predicted octanol–water partition coefficient (Wildman–Crippen LogP) is 2.98. The molecule has 0 spiro atoms. The lowest BCUT2D eigenvalue weighted by Gasteiger charge is -2.33. The number of aromatic nitrogens is 5. The monoisotopic (exact) mass is 401 g/mol. The van der Waals surface area contributed by atoms with E-state index < -0.39 is 19.1 Å². The molecule has 3 N–H and O–H groups in total. The van der Waals surface area contributed by atoms with E-state index in [0.717, 1.165) is 11.3 Å². The maximum Gasteiger partial charge on any atom is 0.256 e. The molecular formula is C19H18F3N7. The lowest BCUT2D eigenvalue weighted by atomic mass is 10.1. The fourth-order valence-electron chi connectivity index (χ4n) is 3.83. The first-order valence-electron chi connectivity index (χ1n) is 9.22. The SMILES string of the molecule is Nc1nc2cc(-c3ccn[nH]3)ccc2c2c1nc(CN1CC(F)C1)n2CC(F)F. The Hall–Kier alpha value is -3.14. The van der Waals surface area contributed by atoms with Gasteiger partial charge in [-0.25, -0.2) is 23.1 Å². The Morgan fingerprint density at radius 1 is 1.21 bits per heavy atom. The van der Waals surface area contributed by atoms with Crippen molar-refractivity contribution in [1.29, 1.82) is 0 Å². The average molecular weight is 401 g/mol. The molecule has 1 saturated heterocycles. The molecule has 0 saturated carbocycles. The highest BCUT2D eigenvalue weighted by Gasteiger charge is 2.29. The molecule has 4 heterocycles. The standard InChI is InChI=1S/C19H18F3N7/c20-11-6-28(7-11)9-16-26-17-18(29(16)8-15(21)22)12-2-1-10(13-3-4-24-27-13)5-14(12)25-19(17)23/h1-5,11,15H,6-9H2,(H2,23,25)(H,24,27). The molecule has 0 amide bonds. The number of aromatic amines is 1. The zero-order valence-corrected chi connectivity index (χ0v) is 15.3. The summed E-state index contributed by atoms with van der Waals surface area (Å²) in [5, 5.41) is 7.52.